The summed E-state index contributed by atoms with van der Waals surface area (Å²) in [4.78, 5) is 12.0. The van der Waals surface area contributed by atoms with E-state index < -0.39 is 0 Å². The zero-order valence-corrected chi connectivity index (χ0v) is 32.0. The van der Waals surface area contributed by atoms with Gasteiger partial charge in [0, 0.05) is 6.42 Å². The van der Waals surface area contributed by atoms with Crippen LogP contribution in [0.5, 0.6) is 0 Å². The summed E-state index contributed by atoms with van der Waals surface area (Å²) in [6.07, 6.45) is 56.0. The highest BCUT2D eigenvalue weighted by molar-refractivity contribution is 5.69. The van der Waals surface area contributed by atoms with Gasteiger partial charge in [-0.1, -0.05) is 225 Å². The monoisotopic (exact) mass is 647 g/mol. The second-order valence-corrected chi connectivity index (χ2v) is 14.7. The molecular weight excluding hydrogens is 560 g/mol. The minimum atomic E-state index is 0.0280. The SMILES string of the molecule is CCCCCCCCC=CCCCCCCCCCCCCOC(=O)CCCCCCCCCCCCCCCCCCCCC. The Morgan fingerprint density at radius 2 is 0.609 bits per heavy atom. The molecule has 2 heteroatoms. The molecule has 0 heterocycles. The smallest absolute Gasteiger partial charge is 0.305 e. The van der Waals surface area contributed by atoms with Crippen LogP contribution in [0, 0.1) is 0 Å². The molecule has 0 amide bonds. The first-order valence-electron chi connectivity index (χ1n) is 21.6. The van der Waals surface area contributed by atoms with Crippen LogP contribution in [0.2, 0.25) is 0 Å². The lowest BCUT2D eigenvalue weighted by atomic mass is 10.0. The van der Waals surface area contributed by atoms with Crippen LogP contribution in [-0.4, -0.2) is 12.6 Å². The highest BCUT2D eigenvalue weighted by Crippen LogP contribution is 2.16. The second-order valence-electron chi connectivity index (χ2n) is 14.7. The largest absolute Gasteiger partial charge is 0.466 e. The minimum Gasteiger partial charge on any atom is -0.466 e. The number of allylic oxidation sites excluding steroid dienone is 2. The van der Waals surface area contributed by atoms with Crippen molar-refractivity contribution in [3.63, 3.8) is 0 Å². The van der Waals surface area contributed by atoms with Crippen LogP contribution in [0.4, 0.5) is 0 Å². The minimum absolute atomic E-state index is 0.0280. The lowest BCUT2D eigenvalue weighted by Crippen LogP contribution is -2.05. The normalized spacial score (nSPS) is 11.6. The highest BCUT2D eigenvalue weighted by atomic mass is 16.5. The van der Waals surface area contributed by atoms with Crippen LogP contribution in [0.1, 0.15) is 258 Å². The summed E-state index contributed by atoms with van der Waals surface area (Å²) < 4.78 is 5.47. The summed E-state index contributed by atoms with van der Waals surface area (Å²) in [6, 6.07) is 0. The Labute approximate surface area is 291 Å². The van der Waals surface area contributed by atoms with Crippen molar-refractivity contribution in [2.75, 3.05) is 6.61 Å². The van der Waals surface area contributed by atoms with Crippen LogP contribution in [-0.2, 0) is 9.53 Å². The standard InChI is InChI=1S/C44H86O2/c1-3-5-7-9-11-13-15-17-19-21-23-25-27-29-31-33-35-37-39-41-43-46-44(45)42-40-38-36-34-32-30-28-26-24-22-20-18-16-14-12-10-8-6-4-2/h17,19H,3-16,18,20-43H2,1-2H3. The fourth-order valence-corrected chi connectivity index (χ4v) is 6.66. The fourth-order valence-electron chi connectivity index (χ4n) is 6.66. The Balaban J connectivity index is 3.17. The Morgan fingerprint density at radius 1 is 0.348 bits per heavy atom. The first-order valence-corrected chi connectivity index (χ1v) is 21.6. The highest BCUT2D eigenvalue weighted by Gasteiger charge is 2.03. The summed E-state index contributed by atoms with van der Waals surface area (Å²) in [5.41, 5.74) is 0. The van der Waals surface area contributed by atoms with Gasteiger partial charge in [-0.3, -0.25) is 4.79 Å². The van der Waals surface area contributed by atoms with Gasteiger partial charge in [0.25, 0.3) is 0 Å². The molecule has 0 spiro atoms. The van der Waals surface area contributed by atoms with Crippen LogP contribution in [0.3, 0.4) is 0 Å². The number of hydrogen-bond acceptors (Lipinski definition) is 2. The van der Waals surface area contributed by atoms with Crippen molar-refractivity contribution in [2.24, 2.45) is 0 Å². The molecule has 0 rings (SSSR count). The molecule has 0 radical (unpaired) electrons. The average Bonchev–Trinajstić information content (AvgIpc) is 3.06. The molecule has 0 atom stereocenters. The van der Waals surface area contributed by atoms with E-state index in [1.165, 1.54) is 225 Å². The van der Waals surface area contributed by atoms with E-state index in [4.69, 9.17) is 4.74 Å². The van der Waals surface area contributed by atoms with E-state index in [0.717, 1.165) is 12.8 Å². The number of carbonyl (C=O) groups is 1. The molecule has 0 bridgehead atoms. The molecule has 0 aromatic carbocycles. The summed E-state index contributed by atoms with van der Waals surface area (Å²) in [7, 11) is 0. The van der Waals surface area contributed by atoms with E-state index in [1.807, 2.05) is 0 Å². The Morgan fingerprint density at radius 3 is 0.935 bits per heavy atom. The van der Waals surface area contributed by atoms with Crippen molar-refractivity contribution >= 4 is 5.97 Å². The number of unbranched alkanes of at least 4 members (excludes halogenated alkanes) is 34. The number of esters is 1. The van der Waals surface area contributed by atoms with E-state index in [1.54, 1.807) is 0 Å². The van der Waals surface area contributed by atoms with Crippen LogP contribution in [0.25, 0.3) is 0 Å². The predicted molar refractivity (Wildman–Crippen MR) is 207 cm³/mol. The maximum Gasteiger partial charge on any atom is 0.305 e. The molecule has 0 saturated heterocycles. The lowest BCUT2D eigenvalue weighted by Gasteiger charge is -2.06. The van der Waals surface area contributed by atoms with Crippen molar-refractivity contribution in [3.05, 3.63) is 12.2 Å². The summed E-state index contributed by atoms with van der Waals surface area (Å²) in [5, 5.41) is 0. The molecule has 0 fully saturated rings. The molecule has 2 nitrogen and oxygen atoms in total. The molecule has 0 unspecified atom stereocenters. The van der Waals surface area contributed by atoms with Crippen molar-refractivity contribution < 1.29 is 9.53 Å². The zero-order valence-electron chi connectivity index (χ0n) is 32.0. The topological polar surface area (TPSA) is 26.3 Å². The van der Waals surface area contributed by atoms with Crippen molar-refractivity contribution in [1.29, 1.82) is 0 Å². The number of carbonyl (C=O) groups excluding carboxylic acids is 1. The van der Waals surface area contributed by atoms with E-state index >= 15 is 0 Å². The lowest BCUT2D eigenvalue weighted by molar-refractivity contribution is -0.143. The Hall–Kier alpha value is -0.790. The van der Waals surface area contributed by atoms with Gasteiger partial charge in [0.2, 0.25) is 0 Å². The average molecular weight is 647 g/mol. The molecule has 0 aromatic heterocycles. The zero-order chi connectivity index (χ0) is 33.3. The van der Waals surface area contributed by atoms with Gasteiger partial charge in [0.1, 0.15) is 0 Å². The molecule has 0 aliphatic rings. The van der Waals surface area contributed by atoms with Gasteiger partial charge >= 0.3 is 5.97 Å². The molecular formula is C44H86O2. The maximum atomic E-state index is 12.0. The third-order valence-electron chi connectivity index (χ3n) is 9.90. The van der Waals surface area contributed by atoms with Crippen molar-refractivity contribution in [3.8, 4) is 0 Å². The number of ether oxygens (including phenoxy) is 1. The van der Waals surface area contributed by atoms with Gasteiger partial charge in [-0.2, -0.15) is 0 Å². The molecule has 0 aliphatic carbocycles. The Bertz CT molecular complexity index is 582. The maximum absolute atomic E-state index is 12.0. The van der Waals surface area contributed by atoms with Crippen molar-refractivity contribution in [1.82, 2.24) is 0 Å². The quantitative estimate of drug-likeness (QED) is 0.0376. The van der Waals surface area contributed by atoms with E-state index in [0.29, 0.717) is 13.0 Å². The van der Waals surface area contributed by atoms with Gasteiger partial charge in [-0.25, -0.2) is 0 Å². The summed E-state index contributed by atoms with van der Waals surface area (Å²) >= 11 is 0. The molecule has 0 aromatic rings. The molecule has 0 saturated carbocycles. The molecule has 274 valence electrons. The first-order chi connectivity index (χ1) is 22.8. The third kappa shape index (κ3) is 41.2. The van der Waals surface area contributed by atoms with Gasteiger partial charge in [0.15, 0.2) is 0 Å². The first kappa shape index (κ1) is 45.2. The van der Waals surface area contributed by atoms with Crippen LogP contribution < -0.4 is 0 Å². The second kappa shape index (κ2) is 42.2. The van der Waals surface area contributed by atoms with Gasteiger partial charge in [-0.05, 0) is 38.5 Å². The fraction of sp³-hybridized carbons (Fsp3) is 0.932. The number of hydrogen-bond donors (Lipinski definition) is 0. The van der Waals surface area contributed by atoms with Crippen LogP contribution in [0.15, 0.2) is 12.2 Å². The van der Waals surface area contributed by atoms with Gasteiger partial charge in [0.05, 0.1) is 6.61 Å². The Kier molecular flexibility index (Phi) is 41.5. The van der Waals surface area contributed by atoms with Crippen molar-refractivity contribution in [2.45, 2.75) is 258 Å². The van der Waals surface area contributed by atoms with Gasteiger partial charge in [-0.15, -0.1) is 0 Å². The van der Waals surface area contributed by atoms with E-state index in [-0.39, 0.29) is 5.97 Å². The predicted octanol–water partition coefficient (Wildman–Crippen LogP) is 15.9. The van der Waals surface area contributed by atoms with Gasteiger partial charge < -0.3 is 4.74 Å². The van der Waals surface area contributed by atoms with Crippen LogP contribution >= 0.6 is 0 Å². The third-order valence-corrected chi connectivity index (χ3v) is 9.90. The van der Waals surface area contributed by atoms with E-state index in [2.05, 4.69) is 26.0 Å². The molecule has 0 aliphatic heterocycles. The molecule has 46 heavy (non-hydrogen) atoms. The van der Waals surface area contributed by atoms with E-state index in [9.17, 15) is 4.79 Å². The summed E-state index contributed by atoms with van der Waals surface area (Å²) in [5.74, 6) is 0.0280. The summed E-state index contributed by atoms with van der Waals surface area (Å²) in [6.45, 7) is 5.22. The number of rotatable bonds is 40. The molecule has 0 N–H and O–H groups in total.